The van der Waals surface area contributed by atoms with Crippen LogP contribution in [0.1, 0.15) is 13.8 Å². The second kappa shape index (κ2) is 22.4. The topological polar surface area (TPSA) is 112 Å². The molecule has 0 radical (unpaired) electrons. The summed E-state index contributed by atoms with van der Waals surface area (Å²) in [5.41, 5.74) is 0. The zero-order valence-electron chi connectivity index (χ0n) is 6.55. The van der Waals surface area contributed by atoms with Gasteiger partial charge in [-0.1, -0.05) is 0 Å². The third-order valence-corrected chi connectivity index (χ3v) is 0. The number of carboxylic acid groups (broad SMARTS) is 2. The third kappa shape index (κ3) is 2250. The molecule has 0 aromatic rings. The Morgan fingerprint density at radius 1 is 1.00 bits per heavy atom. The fourth-order valence-corrected chi connectivity index (χ4v) is 0. The van der Waals surface area contributed by atoms with Crippen molar-refractivity contribution in [1.82, 2.24) is 0 Å². The first-order chi connectivity index (χ1) is 3.46. The Bertz CT molecular complexity index is 76.5. The Labute approximate surface area is 98.1 Å². The smallest absolute Gasteiger partial charge is 0.550 e. The summed E-state index contributed by atoms with van der Waals surface area (Å²) in [6.07, 6.45) is 0. The third-order valence-electron chi connectivity index (χ3n) is 0. The standard InChI is InChI=1S/2C2H4O2.Ca.H2O.H3P/c2*1-2(3)4;;;/h2*1H3,(H,3,4);;1H2;1H3/q;;+2;;/p-2. The van der Waals surface area contributed by atoms with Gasteiger partial charge in [0.1, 0.15) is 0 Å². The molecule has 64 valence electrons. The van der Waals surface area contributed by atoms with Gasteiger partial charge in [0, 0.05) is 11.9 Å². The molecule has 0 aromatic heterocycles. The van der Waals surface area contributed by atoms with Crippen LogP contribution in [0, 0.1) is 0 Å². The molecule has 7 heteroatoms. The van der Waals surface area contributed by atoms with E-state index in [0.29, 0.717) is 0 Å². The molecule has 1 unspecified atom stereocenters. The zero-order chi connectivity index (χ0) is 7.15. The van der Waals surface area contributed by atoms with Gasteiger partial charge in [-0.05, 0) is 13.8 Å². The largest absolute Gasteiger partial charge is 2.00 e. The summed E-state index contributed by atoms with van der Waals surface area (Å²) in [5.74, 6) is -2.17. The number of carboxylic acids is 2. The summed E-state index contributed by atoms with van der Waals surface area (Å²) < 4.78 is 0. The Kier molecular flexibility index (Phi) is 61.0. The van der Waals surface area contributed by atoms with Crippen LogP contribution in [0.3, 0.4) is 0 Å². The molecular weight excluding hydrogens is 199 g/mol. The van der Waals surface area contributed by atoms with E-state index in [1.165, 1.54) is 0 Å². The van der Waals surface area contributed by atoms with Crippen LogP contribution in [0.15, 0.2) is 0 Å². The fourth-order valence-electron chi connectivity index (χ4n) is 0. The molecule has 0 amide bonds. The van der Waals surface area contributed by atoms with Crippen LogP contribution in [0.2, 0.25) is 0 Å². The molecule has 0 saturated carbocycles. The van der Waals surface area contributed by atoms with Crippen molar-refractivity contribution in [2.24, 2.45) is 0 Å². The van der Waals surface area contributed by atoms with Gasteiger partial charge >= 0.3 is 37.7 Å². The minimum atomic E-state index is -1.08. The summed E-state index contributed by atoms with van der Waals surface area (Å²) >= 11 is 0. The molecule has 0 aromatic carbocycles. The quantitative estimate of drug-likeness (QED) is 0.303. The Balaban J connectivity index is -0.0000000171. The molecule has 0 heterocycles. The van der Waals surface area contributed by atoms with E-state index >= 15 is 0 Å². The summed E-state index contributed by atoms with van der Waals surface area (Å²) in [6.45, 7) is 1.94. The van der Waals surface area contributed by atoms with Crippen molar-refractivity contribution in [2.75, 3.05) is 0 Å². The molecule has 0 aliphatic rings. The molecule has 5 nitrogen and oxygen atoms in total. The number of carbonyl (C=O) groups is 2. The van der Waals surface area contributed by atoms with Crippen molar-refractivity contribution in [1.29, 1.82) is 0 Å². The van der Waals surface area contributed by atoms with E-state index in [1.807, 2.05) is 0 Å². The van der Waals surface area contributed by atoms with E-state index in [4.69, 9.17) is 19.8 Å². The average molecular weight is 210 g/mol. The molecule has 0 aliphatic heterocycles. The van der Waals surface area contributed by atoms with Gasteiger partial charge in [-0.25, -0.2) is 0 Å². The summed E-state index contributed by atoms with van der Waals surface area (Å²) in [6, 6.07) is 0. The fraction of sp³-hybridized carbons (Fsp3) is 0.500. The van der Waals surface area contributed by atoms with E-state index in [-0.39, 0.29) is 53.1 Å². The van der Waals surface area contributed by atoms with Crippen LogP contribution in [0.4, 0.5) is 0 Å². The van der Waals surface area contributed by atoms with Gasteiger partial charge in [0.15, 0.2) is 0 Å². The van der Waals surface area contributed by atoms with Crippen LogP contribution in [-0.4, -0.2) is 55.2 Å². The molecule has 0 spiro atoms. The Morgan fingerprint density at radius 2 is 1.00 bits per heavy atom. The van der Waals surface area contributed by atoms with Gasteiger partial charge < -0.3 is 25.3 Å². The van der Waals surface area contributed by atoms with E-state index in [0.717, 1.165) is 13.8 Å². The number of hydrogen-bond donors (Lipinski definition) is 0. The van der Waals surface area contributed by atoms with Crippen LogP contribution < -0.4 is 10.2 Å². The second-order valence-corrected chi connectivity index (χ2v) is 0.983. The normalized spacial score (nSPS) is 4.55. The number of aliphatic carboxylic acids is 2. The molecule has 0 saturated heterocycles. The van der Waals surface area contributed by atoms with Gasteiger partial charge in [0.2, 0.25) is 0 Å². The monoisotopic (exact) mass is 210 g/mol. The molecule has 0 rings (SSSR count). The molecule has 0 bridgehead atoms. The maximum absolute atomic E-state index is 8.89. The first kappa shape index (κ1) is 29.9. The van der Waals surface area contributed by atoms with Crippen molar-refractivity contribution in [3.05, 3.63) is 0 Å². The Morgan fingerprint density at radius 3 is 1.00 bits per heavy atom. The molecule has 2 N–H and O–H groups in total. The maximum atomic E-state index is 8.89. The van der Waals surface area contributed by atoms with Crippen LogP contribution in [0.5, 0.6) is 0 Å². The first-order valence-corrected chi connectivity index (χ1v) is 1.82. The molecule has 11 heavy (non-hydrogen) atoms. The SMILES string of the molecule is CC(=O)[O-].CC(=O)[O-].O.P.[Ca+2]. The van der Waals surface area contributed by atoms with Crippen molar-refractivity contribution in [3.8, 4) is 0 Å². The van der Waals surface area contributed by atoms with Crippen LogP contribution in [-0.2, 0) is 9.59 Å². The van der Waals surface area contributed by atoms with Crippen molar-refractivity contribution >= 4 is 59.6 Å². The van der Waals surface area contributed by atoms with Crippen LogP contribution >= 0.6 is 9.90 Å². The van der Waals surface area contributed by atoms with Crippen molar-refractivity contribution in [2.45, 2.75) is 13.8 Å². The second-order valence-electron chi connectivity index (χ2n) is 0.983. The molecule has 0 aliphatic carbocycles. The van der Waals surface area contributed by atoms with Gasteiger partial charge in [-0.2, -0.15) is 9.90 Å². The molecule has 1 atom stereocenters. The minimum Gasteiger partial charge on any atom is -0.550 e. The van der Waals surface area contributed by atoms with E-state index in [2.05, 4.69) is 0 Å². The molecule has 0 fully saturated rings. The summed E-state index contributed by atoms with van der Waals surface area (Å²) in [4.78, 5) is 17.8. The van der Waals surface area contributed by atoms with Crippen molar-refractivity contribution in [3.63, 3.8) is 0 Å². The average Bonchev–Trinajstić information content (AvgIpc) is 1.25. The van der Waals surface area contributed by atoms with E-state index in [9.17, 15) is 0 Å². The first-order valence-electron chi connectivity index (χ1n) is 1.82. The molecular formula is C4H11CaO5P. The summed E-state index contributed by atoms with van der Waals surface area (Å²) in [7, 11) is 0. The van der Waals surface area contributed by atoms with Gasteiger partial charge in [0.25, 0.3) is 0 Å². The predicted molar refractivity (Wildman–Crippen MR) is 41.8 cm³/mol. The zero-order valence-corrected chi connectivity index (χ0v) is 10.2. The minimum absolute atomic E-state index is 0. The number of hydrogen-bond acceptors (Lipinski definition) is 4. The van der Waals surface area contributed by atoms with Gasteiger partial charge in [-0.3, -0.25) is 0 Å². The summed E-state index contributed by atoms with van der Waals surface area (Å²) in [5, 5.41) is 17.8. The van der Waals surface area contributed by atoms with Gasteiger partial charge in [0.05, 0.1) is 0 Å². The van der Waals surface area contributed by atoms with Crippen molar-refractivity contribution < 1.29 is 25.3 Å². The Hall–Kier alpha value is 0.590. The van der Waals surface area contributed by atoms with E-state index in [1.54, 1.807) is 0 Å². The predicted octanol–water partition coefficient (Wildman–Crippen LogP) is -3.63. The van der Waals surface area contributed by atoms with E-state index < -0.39 is 11.9 Å². The maximum Gasteiger partial charge on any atom is 2.00 e. The van der Waals surface area contributed by atoms with Gasteiger partial charge in [-0.15, -0.1) is 0 Å². The number of rotatable bonds is 0. The van der Waals surface area contributed by atoms with Crippen LogP contribution in [0.25, 0.3) is 0 Å². The number of carbonyl (C=O) groups excluding carboxylic acids is 2.